The number of nitrogens with zero attached hydrogens (tertiary/aromatic N) is 2. The van der Waals surface area contributed by atoms with Crippen molar-refractivity contribution in [2.45, 2.75) is 6.54 Å². The molecule has 120 valence electrons. The van der Waals surface area contributed by atoms with Crippen LogP contribution in [-0.4, -0.2) is 15.9 Å². The Morgan fingerprint density at radius 2 is 1.92 bits per heavy atom. The van der Waals surface area contributed by atoms with Crippen molar-refractivity contribution in [3.8, 4) is 11.4 Å². The number of carbonyl (C=O) groups is 1. The molecule has 2 aromatic carbocycles. The largest absolute Gasteiger partial charge is 0.348 e. The third-order valence-corrected chi connectivity index (χ3v) is 3.65. The zero-order valence-corrected chi connectivity index (χ0v) is 13.3. The minimum absolute atomic E-state index is 0.0230. The van der Waals surface area contributed by atoms with Crippen LogP contribution in [0.25, 0.3) is 11.4 Å². The van der Waals surface area contributed by atoms with Gasteiger partial charge in [0.2, 0.25) is 0 Å². The van der Waals surface area contributed by atoms with Gasteiger partial charge in [0, 0.05) is 18.3 Å². The lowest BCUT2D eigenvalue weighted by atomic mass is 10.2. The van der Waals surface area contributed by atoms with E-state index in [1.807, 2.05) is 30.3 Å². The van der Waals surface area contributed by atoms with Crippen molar-refractivity contribution in [3.05, 3.63) is 82.9 Å². The van der Waals surface area contributed by atoms with Gasteiger partial charge < -0.3 is 5.32 Å². The van der Waals surface area contributed by atoms with Crippen LogP contribution in [-0.2, 0) is 6.54 Å². The van der Waals surface area contributed by atoms with Crippen molar-refractivity contribution in [3.63, 3.8) is 0 Å². The van der Waals surface area contributed by atoms with Crippen LogP contribution >= 0.6 is 11.6 Å². The van der Waals surface area contributed by atoms with Gasteiger partial charge in [-0.2, -0.15) is 0 Å². The smallest absolute Gasteiger partial charge is 0.256 e. The monoisotopic (exact) mass is 341 g/mol. The molecule has 0 spiro atoms. The van der Waals surface area contributed by atoms with E-state index in [0.717, 1.165) is 5.56 Å². The summed E-state index contributed by atoms with van der Waals surface area (Å²) in [7, 11) is 0. The summed E-state index contributed by atoms with van der Waals surface area (Å²) < 4.78 is 13.3. The van der Waals surface area contributed by atoms with Gasteiger partial charge in [0.05, 0.1) is 5.56 Å². The molecule has 0 aliphatic carbocycles. The third-order valence-electron chi connectivity index (χ3n) is 3.37. The topological polar surface area (TPSA) is 54.9 Å². The molecule has 0 aliphatic heterocycles. The molecule has 4 nitrogen and oxygen atoms in total. The number of nitrogens with one attached hydrogen (secondary N) is 1. The van der Waals surface area contributed by atoms with E-state index < -0.39 is 5.82 Å². The second kappa shape index (κ2) is 7.19. The Morgan fingerprint density at radius 3 is 2.62 bits per heavy atom. The van der Waals surface area contributed by atoms with Crippen molar-refractivity contribution < 1.29 is 9.18 Å². The standard InChI is InChI=1S/C18H13ClFN3O/c19-16-15(18(24)22-10-12-5-2-1-3-6-12)11-21-17(23-16)13-7-4-8-14(20)9-13/h1-9,11H,10H2,(H,22,24). The second-order valence-electron chi connectivity index (χ2n) is 5.08. The fraction of sp³-hybridized carbons (Fsp3) is 0.0556. The summed E-state index contributed by atoms with van der Waals surface area (Å²) >= 11 is 6.09. The molecule has 1 heterocycles. The average molecular weight is 342 g/mol. The van der Waals surface area contributed by atoms with Crippen LogP contribution in [0.1, 0.15) is 15.9 Å². The Balaban J connectivity index is 1.76. The van der Waals surface area contributed by atoms with Crippen LogP contribution < -0.4 is 5.32 Å². The van der Waals surface area contributed by atoms with Crippen molar-refractivity contribution in [1.82, 2.24) is 15.3 Å². The van der Waals surface area contributed by atoms with Gasteiger partial charge in [-0.25, -0.2) is 14.4 Å². The van der Waals surface area contributed by atoms with Crippen LogP contribution in [0.2, 0.25) is 5.15 Å². The number of aromatic nitrogens is 2. The first kappa shape index (κ1) is 16.1. The van der Waals surface area contributed by atoms with Crippen molar-refractivity contribution >= 4 is 17.5 Å². The molecule has 0 atom stereocenters. The average Bonchev–Trinajstić information content (AvgIpc) is 2.60. The highest BCUT2D eigenvalue weighted by Crippen LogP contribution is 2.20. The minimum Gasteiger partial charge on any atom is -0.348 e. The van der Waals surface area contributed by atoms with Gasteiger partial charge in [-0.05, 0) is 17.7 Å². The Kier molecular flexibility index (Phi) is 4.82. The molecule has 0 radical (unpaired) electrons. The molecule has 0 aliphatic rings. The summed E-state index contributed by atoms with van der Waals surface area (Å²) in [4.78, 5) is 20.4. The Morgan fingerprint density at radius 1 is 1.12 bits per heavy atom. The number of benzene rings is 2. The molecule has 6 heteroatoms. The van der Waals surface area contributed by atoms with E-state index in [-0.39, 0.29) is 22.4 Å². The molecule has 1 aromatic heterocycles. The van der Waals surface area contributed by atoms with Gasteiger partial charge in [-0.1, -0.05) is 54.1 Å². The number of rotatable bonds is 4. The quantitative estimate of drug-likeness (QED) is 0.733. The number of carbonyl (C=O) groups excluding carboxylic acids is 1. The van der Waals surface area contributed by atoms with Gasteiger partial charge in [0.1, 0.15) is 11.0 Å². The van der Waals surface area contributed by atoms with Gasteiger partial charge in [0.25, 0.3) is 5.91 Å². The van der Waals surface area contributed by atoms with E-state index >= 15 is 0 Å². The zero-order chi connectivity index (χ0) is 16.9. The predicted octanol–water partition coefficient (Wildman–Crippen LogP) is 3.87. The van der Waals surface area contributed by atoms with E-state index in [1.165, 1.54) is 18.3 Å². The van der Waals surface area contributed by atoms with E-state index in [0.29, 0.717) is 12.1 Å². The number of amides is 1. The minimum atomic E-state index is -0.392. The Labute approximate surface area is 143 Å². The Bertz CT molecular complexity index is 871. The SMILES string of the molecule is O=C(NCc1ccccc1)c1cnc(-c2cccc(F)c2)nc1Cl. The molecule has 24 heavy (non-hydrogen) atoms. The van der Waals surface area contributed by atoms with Crippen molar-refractivity contribution in [2.75, 3.05) is 0 Å². The Hall–Kier alpha value is -2.79. The van der Waals surface area contributed by atoms with Crippen LogP contribution in [0, 0.1) is 5.82 Å². The first-order valence-corrected chi connectivity index (χ1v) is 7.62. The summed E-state index contributed by atoms with van der Waals surface area (Å²) in [5.41, 5.74) is 1.64. The van der Waals surface area contributed by atoms with Gasteiger partial charge in [0.15, 0.2) is 5.82 Å². The van der Waals surface area contributed by atoms with E-state index in [1.54, 1.807) is 12.1 Å². The van der Waals surface area contributed by atoms with Crippen LogP contribution in [0.15, 0.2) is 60.8 Å². The fourth-order valence-corrected chi connectivity index (χ4v) is 2.37. The summed E-state index contributed by atoms with van der Waals surface area (Å²) in [6.07, 6.45) is 1.34. The lowest BCUT2D eigenvalue weighted by Crippen LogP contribution is -2.23. The fourth-order valence-electron chi connectivity index (χ4n) is 2.15. The highest BCUT2D eigenvalue weighted by molar-refractivity contribution is 6.32. The molecule has 3 rings (SSSR count). The summed E-state index contributed by atoms with van der Waals surface area (Å²) in [6.45, 7) is 0.377. The molecule has 0 fully saturated rings. The zero-order valence-electron chi connectivity index (χ0n) is 12.5. The van der Waals surface area contributed by atoms with Crippen LogP contribution in [0.3, 0.4) is 0 Å². The molecule has 0 saturated carbocycles. The first-order valence-electron chi connectivity index (χ1n) is 7.24. The highest BCUT2D eigenvalue weighted by Gasteiger charge is 2.14. The highest BCUT2D eigenvalue weighted by atomic mass is 35.5. The maximum atomic E-state index is 13.3. The predicted molar refractivity (Wildman–Crippen MR) is 90.0 cm³/mol. The lowest BCUT2D eigenvalue weighted by Gasteiger charge is -2.07. The van der Waals surface area contributed by atoms with Gasteiger partial charge in [-0.15, -0.1) is 0 Å². The molecule has 0 saturated heterocycles. The summed E-state index contributed by atoms with van der Waals surface area (Å²) in [6, 6.07) is 15.4. The van der Waals surface area contributed by atoms with E-state index in [9.17, 15) is 9.18 Å². The van der Waals surface area contributed by atoms with Gasteiger partial charge in [-0.3, -0.25) is 4.79 Å². The summed E-state index contributed by atoms with van der Waals surface area (Å²) in [5, 5.41) is 2.78. The normalized spacial score (nSPS) is 10.4. The molecule has 0 bridgehead atoms. The van der Waals surface area contributed by atoms with Crippen LogP contribution in [0.5, 0.6) is 0 Å². The molecule has 0 unspecified atom stereocenters. The molecule has 1 N–H and O–H groups in total. The van der Waals surface area contributed by atoms with Gasteiger partial charge >= 0.3 is 0 Å². The second-order valence-corrected chi connectivity index (χ2v) is 5.43. The van der Waals surface area contributed by atoms with Crippen molar-refractivity contribution in [2.24, 2.45) is 0 Å². The molecular weight excluding hydrogens is 329 g/mol. The molecule has 3 aromatic rings. The van der Waals surface area contributed by atoms with E-state index in [2.05, 4.69) is 15.3 Å². The maximum absolute atomic E-state index is 13.3. The molecular formula is C18H13ClFN3O. The van der Waals surface area contributed by atoms with Crippen LogP contribution in [0.4, 0.5) is 4.39 Å². The first-order chi connectivity index (χ1) is 11.6. The number of hydrogen-bond acceptors (Lipinski definition) is 3. The summed E-state index contributed by atoms with van der Waals surface area (Å²) in [5.74, 6) is -0.495. The third kappa shape index (κ3) is 3.75. The molecule has 1 amide bonds. The number of hydrogen-bond donors (Lipinski definition) is 1. The number of halogens is 2. The maximum Gasteiger partial charge on any atom is 0.256 e. The van der Waals surface area contributed by atoms with Crippen molar-refractivity contribution in [1.29, 1.82) is 0 Å². The van der Waals surface area contributed by atoms with E-state index in [4.69, 9.17) is 11.6 Å². The lowest BCUT2D eigenvalue weighted by molar-refractivity contribution is 0.0950.